The molecule has 2 unspecified atom stereocenters. The molecule has 2 rings (SSSR count). The van der Waals surface area contributed by atoms with E-state index in [0.29, 0.717) is 24.2 Å². The smallest absolute Gasteiger partial charge is 0.243 e. The maximum atomic E-state index is 13.7. The van der Waals surface area contributed by atoms with Crippen molar-refractivity contribution in [2.45, 2.75) is 41.9 Å². The number of benzene rings is 1. The number of hydrogen-bond donors (Lipinski definition) is 2. The molecule has 21 heavy (non-hydrogen) atoms. The van der Waals surface area contributed by atoms with Crippen LogP contribution in [-0.2, 0) is 10.0 Å². The maximum Gasteiger partial charge on any atom is 0.243 e. The second-order valence-corrected chi connectivity index (χ2v) is 7.97. The van der Waals surface area contributed by atoms with E-state index in [1.807, 2.05) is 6.26 Å². The Morgan fingerprint density at radius 3 is 2.67 bits per heavy atom. The van der Waals surface area contributed by atoms with Crippen LogP contribution in [0.2, 0.25) is 0 Å². The van der Waals surface area contributed by atoms with Crippen molar-refractivity contribution in [1.29, 1.82) is 0 Å². The van der Waals surface area contributed by atoms with Crippen LogP contribution in [0.15, 0.2) is 17.0 Å². The molecule has 1 saturated carbocycles. The molecule has 8 heteroatoms. The molecule has 0 saturated heterocycles. The molecule has 0 radical (unpaired) electrons. The average Bonchev–Trinajstić information content (AvgIpc) is 2.42. The van der Waals surface area contributed by atoms with Crippen LogP contribution in [0.5, 0.6) is 0 Å². The van der Waals surface area contributed by atoms with Crippen molar-refractivity contribution in [2.24, 2.45) is 0 Å². The van der Waals surface area contributed by atoms with Crippen LogP contribution in [0.4, 0.5) is 14.5 Å². The van der Waals surface area contributed by atoms with Crippen LogP contribution in [0.25, 0.3) is 0 Å². The Morgan fingerprint density at radius 2 is 2.00 bits per heavy atom. The Balaban J connectivity index is 2.20. The lowest BCUT2D eigenvalue weighted by Gasteiger charge is -2.28. The first-order chi connectivity index (χ1) is 9.83. The van der Waals surface area contributed by atoms with Crippen molar-refractivity contribution in [3.8, 4) is 0 Å². The number of hydrogen-bond acceptors (Lipinski definition) is 4. The van der Waals surface area contributed by atoms with Crippen LogP contribution in [0.3, 0.4) is 0 Å². The zero-order valence-corrected chi connectivity index (χ0v) is 13.2. The van der Waals surface area contributed by atoms with Gasteiger partial charge in [0.25, 0.3) is 0 Å². The van der Waals surface area contributed by atoms with E-state index in [1.54, 1.807) is 11.8 Å². The highest BCUT2D eigenvalue weighted by molar-refractivity contribution is 7.99. The predicted molar refractivity (Wildman–Crippen MR) is 80.7 cm³/mol. The molecule has 1 aromatic rings. The first kappa shape index (κ1) is 16.5. The van der Waals surface area contributed by atoms with E-state index < -0.39 is 26.6 Å². The third-order valence-corrected chi connectivity index (χ3v) is 6.25. The second-order valence-electron chi connectivity index (χ2n) is 5.15. The summed E-state index contributed by atoms with van der Waals surface area (Å²) in [7, 11) is -4.04. The topological polar surface area (TPSA) is 72.2 Å². The Morgan fingerprint density at radius 1 is 1.29 bits per heavy atom. The summed E-state index contributed by atoms with van der Waals surface area (Å²) in [6.45, 7) is 0. The first-order valence-corrected chi connectivity index (χ1v) is 9.40. The zero-order valence-electron chi connectivity index (χ0n) is 11.6. The highest BCUT2D eigenvalue weighted by Crippen LogP contribution is 2.28. The highest BCUT2D eigenvalue weighted by Gasteiger charge is 2.28. The van der Waals surface area contributed by atoms with Gasteiger partial charge in [0.15, 0.2) is 0 Å². The lowest BCUT2D eigenvalue weighted by Crippen LogP contribution is -2.39. The molecule has 0 bridgehead atoms. The van der Waals surface area contributed by atoms with Gasteiger partial charge < -0.3 is 5.73 Å². The van der Waals surface area contributed by atoms with Gasteiger partial charge in [0, 0.05) is 17.4 Å². The van der Waals surface area contributed by atoms with Gasteiger partial charge in [-0.05, 0) is 31.6 Å². The normalized spacial score (nSPS) is 23.2. The minimum atomic E-state index is -4.04. The molecule has 0 aliphatic heterocycles. The quantitative estimate of drug-likeness (QED) is 0.829. The first-order valence-electron chi connectivity index (χ1n) is 6.63. The number of thioether (sulfide) groups is 1. The Kier molecular flexibility index (Phi) is 5.11. The van der Waals surface area contributed by atoms with Gasteiger partial charge in [-0.25, -0.2) is 21.9 Å². The van der Waals surface area contributed by atoms with Crippen molar-refractivity contribution in [3.63, 3.8) is 0 Å². The molecule has 0 heterocycles. The average molecular weight is 336 g/mol. The Labute approximate surface area is 127 Å². The molecule has 1 aromatic carbocycles. The van der Waals surface area contributed by atoms with Crippen LogP contribution < -0.4 is 10.5 Å². The molecule has 3 N–H and O–H groups in total. The summed E-state index contributed by atoms with van der Waals surface area (Å²) in [6, 6.07) is 1.09. The molecule has 0 aromatic heterocycles. The Hall–Kier alpha value is -0.860. The summed E-state index contributed by atoms with van der Waals surface area (Å²) in [5.41, 5.74) is 4.94. The van der Waals surface area contributed by atoms with Gasteiger partial charge in [-0.2, -0.15) is 11.8 Å². The number of sulfonamides is 1. The fraction of sp³-hybridized carbons (Fsp3) is 0.538. The number of halogens is 2. The van der Waals surface area contributed by atoms with Gasteiger partial charge >= 0.3 is 0 Å². The van der Waals surface area contributed by atoms with E-state index >= 15 is 0 Å². The van der Waals surface area contributed by atoms with Crippen molar-refractivity contribution in [1.82, 2.24) is 4.72 Å². The van der Waals surface area contributed by atoms with Crippen molar-refractivity contribution >= 4 is 27.5 Å². The molecule has 1 fully saturated rings. The van der Waals surface area contributed by atoms with E-state index in [0.717, 1.165) is 18.9 Å². The molecule has 0 amide bonds. The lowest BCUT2D eigenvalue weighted by atomic mass is 9.96. The van der Waals surface area contributed by atoms with Crippen molar-refractivity contribution in [3.05, 3.63) is 23.8 Å². The largest absolute Gasteiger partial charge is 0.396 e. The molecule has 0 spiro atoms. The third kappa shape index (κ3) is 3.87. The van der Waals surface area contributed by atoms with Gasteiger partial charge in [0.1, 0.15) is 16.5 Å². The van der Waals surface area contributed by atoms with E-state index in [-0.39, 0.29) is 11.7 Å². The number of rotatable bonds is 4. The predicted octanol–water partition coefficient (Wildman–Crippen LogP) is 2.50. The van der Waals surface area contributed by atoms with Crippen LogP contribution in [0.1, 0.15) is 25.7 Å². The third-order valence-electron chi connectivity index (χ3n) is 3.62. The summed E-state index contributed by atoms with van der Waals surface area (Å²) in [5.74, 6) is -2.10. The molecule has 118 valence electrons. The number of nitrogen functional groups attached to an aromatic ring is 1. The molecular weight excluding hydrogens is 318 g/mol. The number of nitrogens with two attached hydrogens (primary N) is 1. The van der Waals surface area contributed by atoms with Gasteiger partial charge in [-0.3, -0.25) is 0 Å². The summed E-state index contributed by atoms with van der Waals surface area (Å²) in [4.78, 5) is -0.604. The fourth-order valence-electron chi connectivity index (χ4n) is 2.50. The fourth-order valence-corrected chi connectivity index (χ4v) is 4.70. The van der Waals surface area contributed by atoms with Crippen LogP contribution in [0, 0.1) is 11.6 Å². The van der Waals surface area contributed by atoms with Gasteiger partial charge in [0.2, 0.25) is 10.0 Å². The van der Waals surface area contributed by atoms with E-state index in [9.17, 15) is 17.2 Å². The summed E-state index contributed by atoms with van der Waals surface area (Å²) in [5, 5.41) is 0.398. The van der Waals surface area contributed by atoms with Gasteiger partial charge in [-0.1, -0.05) is 6.42 Å². The minimum Gasteiger partial charge on any atom is -0.396 e. The van der Waals surface area contributed by atoms with Crippen LogP contribution >= 0.6 is 11.8 Å². The Bertz CT molecular complexity index is 623. The van der Waals surface area contributed by atoms with Gasteiger partial charge in [-0.15, -0.1) is 0 Å². The zero-order chi connectivity index (χ0) is 15.6. The second kappa shape index (κ2) is 6.50. The van der Waals surface area contributed by atoms with Crippen molar-refractivity contribution < 1.29 is 17.2 Å². The maximum absolute atomic E-state index is 13.7. The van der Waals surface area contributed by atoms with Gasteiger partial charge in [0.05, 0.1) is 5.69 Å². The van der Waals surface area contributed by atoms with E-state index in [4.69, 9.17) is 5.73 Å². The number of anilines is 1. The standard InChI is InChI=1S/C13H18F2N2O2S2/c1-20-9-4-2-3-8(5-9)17-21(18,19)13-7-12(16)10(14)6-11(13)15/h6-9,17H,2-5,16H2,1H3. The summed E-state index contributed by atoms with van der Waals surface area (Å²) in [6.07, 6.45) is 5.39. The molecular formula is C13H18F2N2O2S2. The molecule has 4 nitrogen and oxygen atoms in total. The summed E-state index contributed by atoms with van der Waals surface area (Å²) < 4.78 is 53.8. The van der Waals surface area contributed by atoms with Crippen LogP contribution in [-0.4, -0.2) is 26.0 Å². The SMILES string of the molecule is CSC1CCCC(NS(=O)(=O)c2cc(N)c(F)cc2F)C1. The molecule has 2 atom stereocenters. The van der Waals surface area contributed by atoms with E-state index in [1.165, 1.54) is 0 Å². The lowest BCUT2D eigenvalue weighted by molar-refractivity contribution is 0.419. The monoisotopic (exact) mass is 336 g/mol. The minimum absolute atomic E-state index is 0.230. The molecule has 1 aliphatic rings. The highest BCUT2D eigenvalue weighted by atomic mass is 32.2. The summed E-state index contributed by atoms with van der Waals surface area (Å²) >= 11 is 1.70. The van der Waals surface area contributed by atoms with Crippen molar-refractivity contribution in [2.75, 3.05) is 12.0 Å². The van der Waals surface area contributed by atoms with E-state index in [2.05, 4.69) is 4.72 Å². The number of nitrogens with one attached hydrogen (secondary N) is 1. The molecule has 1 aliphatic carbocycles.